The molecule has 0 N–H and O–H groups in total. The van der Waals surface area contributed by atoms with Crippen LogP contribution in [0.2, 0.25) is 0 Å². The van der Waals surface area contributed by atoms with E-state index >= 15 is 0 Å². The molecule has 2 nitrogen and oxygen atoms in total. The molecular formula is C17H31NO. The second-order valence-electron chi connectivity index (χ2n) is 8.56. The highest BCUT2D eigenvalue weighted by molar-refractivity contribution is 5.89. The molecule has 1 aliphatic heterocycles. The Morgan fingerprint density at radius 1 is 1.00 bits per heavy atom. The lowest BCUT2D eigenvalue weighted by Crippen LogP contribution is -2.54. The molecule has 2 fully saturated rings. The number of carbonyl (C=O) groups excluding carboxylic acids is 1. The number of hydrogen-bond donors (Lipinski definition) is 0. The molecule has 1 saturated heterocycles. The molecule has 0 aromatic heterocycles. The van der Waals surface area contributed by atoms with Gasteiger partial charge in [-0.2, -0.15) is 0 Å². The van der Waals surface area contributed by atoms with Crippen LogP contribution < -0.4 is 0 Å². The van der Waals surface area contributed by atoms with Crippen molar-refractivity contribution in [2.24, 2.45) is 11.3 Å². The molecule has 2 aliphatic rings. The summed E-state index contributed by atoms with van der Waals surface area (Å²) in [5.41, 5.74) is -0.121. The summed E-state index contributed by atoms with van der Waals surface area (Å²) in [5.74, 6) is 1.20. The third-order valence-electron chi connectivity index (χ3n) is 4.90. The van der Waals surface area contributed by atoms with Crippen LogP contribution in [-0.4, -0.2) is 28.3 Å². The van der Waals surface area contributed by atoms with Crippen LogP contribution >= 0.6 is 0 Å². The number of carbonyl (C=O) groups is 1. The molecule has 2 heteroatoms. The predicted molar refractivity (Wildman–Crippen MR) is 80.2 cm³/mol. The smallest absolute Gasteiger partial charge is 0.155 e. The lowest BCUT2D eigenvalue weighted by atomic mass is 9.82. The van der Waals surface area contributed by atoms with E-state index in [2.05, 4.69) is 46.4 Å². The fourth-order valence-corrected chi connectivity index (χ4v) is 4.16. The maximum absolute atomic E-state index is 12.8. The number of ketones is 1. The zero-order valence-electron chi connectivity index (χ0n) is 13.6. The third-order valence-corrected chi connectivity index (χ3v) is 4.90. The highest BCUT2D eigenvalue weighted by Gasteiger charge is 2.50. The number of likely N-dealkylation sites (tertiary alicyclic amines) is 1. The highest BCUT2D eigenvalue weighted by Crippen LogP contribution is 2.44. The maximum Gasteiger partial charge on any atom is 0.155 e. The second-order valence-corrected chi connectivity index (χ2v) is 8.56. The van der Waals surface area contributed by atoms with Crippen molar-refractivity contribution < 1.29 is 4.79 Å². The number of nitrogens with zero attached hydrogens (tertiary/aromatic N) is 1. The van der Waals surface area contributed by atoms with Crippen molar-refractivity contribution in [3.63, 3.8) is 0 Å². The summed E-state index contributed by atoms with van der Waals surface area (Å²) in [4.78, 5) is 15.4. The Hall–Kier alpha value is -0.370. The lowest BCUT2D eigenvalue weighted by Gasteiger charge is -2.43. The van der Waals surface area contributed by atoms with Crippen LogP contribution in [0.1, 0.15) is 73.6 Å². The van der Waals surface area contributed by atoms with E-state index in [1.807, 2.05) is 0 Å². The average Bonchev–Trinajstić information content (AvgIpc) is 2.64. The summed E-state index contributed by atoms with van der Waals surface area (Å²) in [6.07, 6.45) is 6.40. The Morgan fingerprint density at radius 3 is 2.11 bits per heavy atom. The van der Waals surface area contributed by atoms with E-state index in [-0.39, 0.29) is 17.0 Å². The molecule has 0 aromatic carbocycles. The van der Waals surface area contributed by atoms with Gasteiger partial charge >= 0.3 is 0 Å². The molecule has 110 valence electrons. The van der Waals surface area contributed by atoms with Crippen LogP contribution in [0.3, 0.4) is 0 Å². The number of rotatable bonds is 1. The molecule has 0 spiro atoms. The zero-order valence-corrected chi connectivity index (χ0v) is 13.6. The van der Waals surface area contributed by atoms with Crippen molar-refractivity contribution in [3.05, 3.63) is 0 Å². The minimum Gasteiger partial charge on any atom is -0.297 e. The van der Waals surface area contributed by atoms with Crippen molar-refractivity contribution in [1.29, 1.82) is 0 Å². The van der Waals surface area contributed by atoms with Gasteiger partial charge in [0.1, 0.15) is 0 Å². The van der Waals surface area contributed by atoms with Gasteiger partial charge < -0.3 is 0 Å². The third kappa shape index (κ3) is 2.89. The fourth-order valence-electron chi connectivity index (χ4n) is 4.16. The highest BCUT2D eigenvalue weighted by atomic mass is 16.1. The number of fused-ring (bicyclic) bond motifs is 1. The molecule has 1 unspecified atom stereocenters. The standard InChI is InChI=1S/C17H31NO/c1-16(2,3)15(19)14-11-12-9-7-8-10-13(12)18(14)17(4,5)6/h12-14H,7-11H2,1-6H3/t12-,13-,14?/m1/s1. The van der Waals surface area contributed by atoms with Gasteiger partial charge in [-0.25, -0.2) is 0 Å². The Labute approximate surface area is 118 Å². The van der Waals surface area contributed by atoms with Gasteiger partial charge in [0.2, 0.25) is 0 Å². The van der Waals surface area contributed by atoms with Crippen LogP contribution in [0.15, 0.2) is 0 Å². The normalized spacial score (nSPS) is 33.3. The largest absolute Gasteiger partial charge is 0.297 e. The van der Waals surface area contributed by atoms with Gasteiger partial charge in [-0.15, -0.1) is 0 Å². The molecule has 3 atom stereocenters. The Morgan fingerprint density at radius 2 is 1.58 bits per heavy atom. The van der Waals surface area contributed by atoms with Gasteiger partial charge in [0.25, 0.3) is 0 Å². The Balaban J connectivity index is 2.29. The topological polar surface area (TPSA) is 20.3 Å². The van der Waals surface area contributed by atoms with E-state index in [4.69, 9.17) is 0 Å². The van der Waals surface area contributed by atoms with Crippen molar-refractivity contribution in [2.75, 3.05) is 0 Å². The first kappa shape index (κ1) is 15.0. The monoisotopic (exact) mass is 265 g/mol. The number of hydrogen-bond acceptors (Lipinski definition) is 2. The van der Waals surface area contributed by atoms with Crippen LogP contribution in [0.4, 0.5) is 0 Å². The van der Waals surface area contributed by atoms with E-state index in [0.717, 1.165) is 12.3 Å². The summed E-state index contributed by atoms with van der Waals surface area (Å²) < 4.78 is 0. The molecule has 0 amide bonds. The molecular weight excluding hydrogens is 234 g/mol. The van der Waals surface area contributed by atoms with Crippen molar-refractivity contribution >= 4 is 5.78 Å². The molecule has 2 rings (SSSR count). The first-order chi connectivity index (χ1) is 8.62. The van der Waals surface area contributed by atoms with Gasteiger partial charge in [-0.1, -0.05) is 33.6 Å². The zero-order chi connectivity index (χ0) is 14.4. The van der Waals surface area contributed by atoms with Crippen LogP contribution in [0.5, 0.6) is 0 Å². The van der Waals surface area contributed by atoms with Crippen LogP contribution in [0, 0.1) is 11.3 Å². The molecule has 1 aliphatic carbocycles. The van der Waals surface area contributed by atoms with Crippen molar-refractivity contribution in [3.8, 4) is 0 Å². The minimum atomic E-state index is -0.221. The van der Waals surface area contributed by atoms with Crippen molar-refractivity contribution in [2.45, 2.75) is 91.3 Å². The molecule has 0 bridgehead atoms. The second kappa shape index (κ2) is 4.87. The predicted octanol–water partition coefficient (Wildman–Crippen LogP) is 4.03. The minimum absolute atomic E-state index is 0.0995. The first-order valence-corrected chi connectivity index (χ1v) is 7.95. The van der Waals surface area contributed by atoms with E-state index in [1.165, 1.54) is 25.7 Å². The van der Waals surface area contributed by atoms with Gasteiger partial charge in [0.15, 0.2) is 5.78 Å². The van der Waals surface area contributed by atoms with Gasteiger partial charge in [-0.05, 0) is 46.0 Å². The number of Topliss-reactive ketones (excluding diaryl/α,β-unsaturated/α-hetero) is 1. The maximum atomic E-state index is 12.8. The van der Waals surface area contributed by atoms with E-state index in [9.17, 15) is 4.79 Å². The molecule has 1 heterocycles. The summed E-state index contributed by atoms with van der Waals surface area (Å²) in [6, 6.07) is 0.790. The summed E-state index contributed by atoms with van der Waals surface area (Å²) >= 11 is 0. The first-order valence-electron chi connectivity index (χ1n) is 7.95. The van der Waals surface area contributed by atoms with Gasteiger partial charge in [0.05, 0.1) is 6.04 Å². The Bertz CT molecular complexity index is 347. The fraction of sp³-hybridized carbons (Fsp3) is 0.941. The molecule has 0 radical (unpaired) electrons. The van der Waals surface area contributed by atoms with E-state index in [1.54, 1.807) is 0 Å². The van der Waals surface area contributed by atoms with Gasteiger partial charge in [0, 0.05) is 17.0 Å². The molecule has 0 aromatic rings. The quantitative estimate of drug-likeness (QED) is 0.713. The summed E-state index contributed by atoms with van der Waals surface area (Å²) in [7, 11) is 0. The average molecular weight is 265 g/mol. The van der Waals surface area contributed by atoms with E-state index in [0.29, 0.717) is 11.8 Å². The molecule has 1 saturated carbocycles. The van der Waals surface area contributed by atoms with Gasteiger partial charge in [-0.3, -0.25) is 9.69 Å². The Kier molecular flexibility index (Phi) is 3.85. The van der Waals surface area contributed by atoms with Crippen molar-refractivity contribution in [1.82, 2.24) is 4.90 Å². The molecule has 19 heavy (non-hydrogen) atoms. The summed E-state index contributed by atoms with van der Waals surface area (Å²) in [6.45, 7) is 13.0. The lowest BCUT2D eigenvalue weighted by molar-refractivity contribution is -0.133. The SMILES string of the molecule is CC(C)(C)C(=O)C1C[C@H]2CCCC[C@H]2N1C(C)(C)C. The summed E-state index contributed by atoms with van der Waals surface area (Å²) in [5, 5.41) is 0. The van der Waals surface area contributed by atoms with Crippen LogP contribution in [0.25, 0.3) is 0 Å². The van der Waals surface area contributed by atoms with E-state index < -0.39 is 0 Å². The van der Waals surface area contributed by atoms with Crippen LogP contribution in [-0.2, 0) is 4.79 Å².